The molecule has 0 atom stereocenters. The Hall–Kier alpha value is -2.83. The number of nitro groups is 1. The molecule has 0 aliphatic carbocycles. The number of nitrogens with zero attached hydrogens (tertiary/aromatic N) is 2. The van der Waals surface area contributed by atoms with Crippen molar-refractivity contribution < 1.29 is 18.4 Å². The minimum Gasteiger partial charge on any atom is -0.477 e. The van der Waals surface area contributed by atoms with E-state index in [1.165, 1.54) is 30.5 Å². The Balaban J connectivity index is 2.22. The summed E-state index contributed by atoms with van der Waals surface area (Å²) in [5, 5.41) is 11.0. The number of hydrogen-bond donors (Lipinski definition) is 0. The van der Waals surface area contributed by atoms with E-state index >= 15 is 0 Å². The number of nitro benzene ring substituents is 1. The normalized spacial score (nSPS) is 15.3. The molecule has 118 valence electrons. The highest BCUT2D eigenvalue weighted by Gasteiger charge is 2.37. The van der Waals surface area contributed by atoms with Crippen LogP contribution in [0.2, 0.25) is 0 Å². The van der Waals surface area contributed by atoms with Crippen LogP contribution in [0.5, 0.6) is 5.75 Å². The number of pyridine rings is 1. The number of benzene rings is 1. The van der Waals surface area contributed by atoms with Crippen molar-refractivity contribution in [3.8, 4) is 5.75 Å². The highest BCUT2D eigenvalue weighted by molar-refractivity contribution is 5.84. The lowest BCUT2D eigenvalue weighted by molar-refractivity contribution is -0.384. The lowest BCUT2D eigenvalue weighted by Crippen LogP contribution is -2.41. The Kier molecular flexibility index (Phi) is 3.77. The molecule has 1 aliphatic heterocycles. The van der Waals surface area contributed by atoms with Crippen molar-refractivity contribution >= 4 is 11.3 Å². The van der Waals surface area contributed by atoms with Crippen molar-refractivity contribution in [1.29, 1.82) is 0 Å². The van der Waals surface area contributed by atoms with Gasteiger partial charge in [-0.3, -0.25) is 15.1 Å². The van der Waals surface area contributed by atoms with E-state index in [1.807, 2.05) is 0 Å². The van der Waals surface area contributed by atoms with E-state index in [9.17, 15) is 18.9 Å². The average Bonchev–Trinajstić information content (AvgIpc) is 2.61. The van der Waals surface area contributed by atoms with Crippen molar-refractivity contribution in [3.05, 3.63) is 70.0 Å². The Morgan fingerprint density at radius 1 is 1.22 bits per heavy atom. The summed E-state index contributed by atoms with van der Waals surface area (Å²) < 4.78 is 32.2. The van der Waals surface area contributed by atoms with Gasteiger partial charge in [-0.15, -0.1) is 0 Å². The molecule has 0 radical (unpaired) electrons. The smallest absolute Gasteiger partial charge is 0.270 e. The summed E-state index contributed by atoms with van der Waals surface area (Å²) in [6, 6.07) is 9.00. The highest BCUT2D eigenvalue weighted by Crippen LogP contribution is 2.41. The van der Waals surface area contributed by atoms with E-state index in [2.05, 4.69) is 4.98 Å². The predicted molar refractivity (Wildman–Crippen MR) is 79.7 cm³/mol. The third kappa shape index (κ3) is 2.65. The van der Waals surface area contributed by atoms with Crippen molar-refractivity contribution in [1.82, 2.24) is 4.98 Å². The van der Waals surface area contributed by atoms with Crippen molar-refractivity contribution in [2.45, 2.75) is 5.60 Å². The minimum absolute atomic E-state index is 0.137. The quantitative estimate of drug-likeness (QED) is 0.639. The molecule has 7 heteroatoms. The van der Waals surface area contributed by atoms with E-state index in [1.54, 1.807) is 18.2 Å². The molecule has 1 aromatic carbocycles. The summed E-state index contributed by atoms with van der Waals surface area (Å²) >= 11 is 0. The standard InChI is InChI=1S/C16H12F2N2O3/c17-9-16(10-18)8-13(14-3-1-2-6-19-14)12-7-11(20(21)22)4-5-15(12)23-16/h1-8H,9-10H2. The number of fused-ring (bicyclic) bond motifs is 1. The Morgan fingerprint density at radius 2 is 2.00 bits per heavy atom. The van der Waals surface area contributed by atoms with E-state index in [-0.39, 0.29) is 11.4 Å². The second-order valence-corrected chi connectivity index (χ2v) is 5.14. The summed E-state index contributed by atoms with van der Waals surface area (Å²) in [5.41, 5.74) is -0.622. The zero-order valence-electron chi connectivity index (χ0n) is 11.9. The second-order valence-electron chi connectivity index (χ2n) is 5.14. The number of non-ortho nitro benzene ring substituents is 1. The second kappa shape index (κ2) is 5.75. The van der Waals surface area contributed by atoms with Gasteiger partial charge in [0.05, 0.1) is 10.6 Å². The molecule has 2 aromatic rings. The first-order valence-electron chi connectivity index (χ1n) is 6.82. The zero-order chi connectivity index (χ0) is 16.4. The van der Waals surface area contributed by atoms with E-state index in [0.29, 0.717) is 16.8 Å². The first kappa shape index (κ1) is 15.1. The van der Waals surface area contributed by atoms with Gasteiger partial charge in [0.1, 0.15) is 19.1 Å². The summed E-state index contributed by atoms with van der Waals surface area (Å²) in [6.45, 7) is -2.12. The fraction of sp³-hybridized carbons (Fsp3) is 0.188. The average molecular weight is 318 g/mol. The molecule has 0 saturated carbocycles. The molecule has 0 spiro atoms. The molecule has 0 unspecified atom stereocenters. The van der Waals surface area contributed by atoms with Crippen molar-refractivity contribution in [2.75, 3.05) is 13.3 Å². The number of rotatable bonds is 4. The van der Waals surface area contributed by atoms with Crippen LogP contribution in [-0.2, 0) is 0 Å². The van der Waals surface area contributed by atoms with Crippen LogP contribution in [0.25, 0.3) is 5.57 Å². The number of hydrogen-bond acceptors (Lipinski definition) is 4. The maximum absolute atomic E-state index is 13.4. The fourth-order valence-electron chi connectivity index (χ4n) is 2.42. The van der Waals surface area contributed by atoms with Gasteiger partial charge in [0.15, 0.2) is 5.60 Å². The number of halogens is 2. The van der Waals surface area contributed by atoms with Gasteiger partial charge in [-0.25, -0.2) is 8.78 Å². The first-order valence-corrected chi connectivity index (χ1v) is 6.82. The topological polar surface area (TPSA) is 65.3 Å². The fourth-order valence-corrected chi connectivity index (χ4v) is 2.42. The number of alkyl halides is 2. The third-order valence-electron chi connectivity index (χ3n) is 3.58. The predicted octanol–water partition coefficient (Wildman–Crippen LogP) is 3.49. The summed E-state index contributed by atoms with van der Waals surface area (Å²) in [7, 11) is 0. The van der Waals surface area contributed by atoms with E-state index in [4.69, 9.17) is 4.74 Å². The van der Waals surface area contributed by atoms with Crippen LogP contribution >= 0.6 is 0 Å². The molecule has 0 amide bonds. The van der Waals surface area contributed by atoms with E-state index in [0.717, 1.165) is 0 Å². The number of ether oxygens (including phenoxy) is 1. The summed E-state index contributed by atoms with van der Waals surface area (Å²) in [6.07, 6.45) is 2.84. The number of aromatic nitrogens is 1. The molecule has 1 aromatic heterocycles. The van der Waals surface area contributed by atoms with E-state index < -0.39 is 23.9 Å². The molecular weight excluding hydrogens is 306 g/mol. The van der Waals surface area contributed by atoms with Crippen LogP contribution in [0.4, 0.5) is 14.5 Å². The van der Waals surface area contributed by atoms with Crippen LogP contribution in [0, 0.1) is 10.1 Å². The van der Waals surface area contributed by atoms with Crippen LogP contribution in [0.15, 0.2) is 48.7 Å². The van der Waals surface area contributed by atoms with Gasteiger partial charge in [-0.2, -0.15) is 0 Å². The summed E-state index contributed by atoms with van der Waals surface area (Å²) in [5.74, 6) is 0.189. The van der Waals surface area contributed by atoms with Gasteiger partial charge in [0.25, 0.3) is 5.69 Å². The molecule has 0 bridgehead atoms. The maximum Gasteiger partial charge on any atom is 0.270 e. The SMILES string of the molecule is O=[N+]([O-])c1ccc2c(c1)C(c1ccccn1)=CC(CF)(CF)O2. The molecule has 3 rings (SSSR count). The molecule has 0 fully saturated rings. The van der Waals surface area contributed by atoms with Gasteiger partial charge in [0, 0.05) is 29.5 Å². The summed E-state index contributed by atoms with van der Waals surface area (Å²) in [4.78, 5) is 14.6. The molecule has 2 heterocycles. The van der Waals surface area contributed by atoms with Crippen LogP contribution < -0.4 is 4.74 Å². The van der Waals surface area contributed by atoms with Gasteiger partial charge < -0.3 is 4.74 Å². The van der Waals surface area contributed by atoms with Gasteiger partial charge in [-0.1, -0.05) is 6.07 Å². The lowest BCUT2D eigenvalue weighted by Gasteiger charge is -2.32. The Bertz CT molecular complexity index is 774. The lowest BCUT2D eigenvalue weighted by atomic mass is 9.91. The third-order valence-corrected chi connectivity index (χ3v) is 3.58. The largest absolute Gasteiger partial charge is 0.477 e. The van der Waals surface area contributed by atoms with Crippen molar-refractivity contribution in [2.24, 2.45) is 0 Å². The van der Waals surface area contributed by atoms with Gasteiger partial charge in [0.2, 0.25) is 0 Å². The minimum atomic E-state index is -1.74. The van der Waals surface area contributed by atoms with Crippen LogP contribution in [0.1, 0.15) is 11.3 Å². The Morgan fingerprint density at radius 3 is 2.61 bits per heavy atom. The molecular formula is C16H12F2N2O3. The molecule has 0 N–H and O–H groups in total. The zero-order valence-corrected chi connectivity index (χ0v) is 11.9. The first-order chi connectivity index (χ1) is 11.1. The molecule has 23 heavy (non-hydrogen) atoms. The van der Waals surface area contributed by atoms with Crippen LogP contribution in [-0.4, -0.2) is 28.9 Å². The monoisotopic (exact) mass is 318 g/mol. The van der Waals surface area contributed by atoms with Crippen molar-refractivity contribution in [3.63, 3.8) is 0 Å². The Labute approximate surface area is 130 Å². The van der Waals surface area contributed by atoms with Crippen LogP contribution in [0.3, 0.4) is 0 Å². The molecule has 5 nitrogen and oxygen atoms in total. The van der Waals surface area contributed by atoms with Gasteiger partial charge in [-0.05, 0) is 24.3 Å². The molecule has 0 saturated heterocycles. The maximum atomic E-state index is 13.4. The van der Waals surface area contributed by atoms with Gasteiger partial charge >= 0.3 is 0 Å². The molecule has 1 aliphatic rings. The highest BCUT2D eigenvalue weighted by atomic mass is 19.1.